The summed E-state index contributed by atoms with van der Waals surface area (Å²) in [6.07, 6.45) is -6.63. The van der Waals surface area contributed by atoms with E-state index >= 15 is 0 Å². The lowest BCUT2D eigenvalue weighted by atomic mass is 10.2. The second-order valence-electron chi connectivity index (χ2n) is 7.02. The number of aliphatic hydroxyl groups excluding tert-OH is 1. The highest BCUT2D eigenvalue weighted by Gasteiger charge is 2.59. The van der Waals surface area contributed by atoms with Crippen LogP contribution in [0.1, 0.15) is 11.6 Å². The molecular formula is C18H17F4N3O3. The molecule has 1 aliphatic heterocycles. The van der Waals surface area contributed by atoms with Crippen LogP contribution in [0, 0.1) is 17.7 Å². The number of hydrogen-bond acceptors (Lipinski definition) is 4. The van der Waals surface area contributed by atoms with Crippen molar-refractivity contribution in [2.45, 2.75) is 18.2 Å². The van der Waals surface area contributed by atoms with Gasteiger partial charge in [0.1, 0.15) is 5.82 Å². The number of likely N-dealkylation sites (tertiary alicyclic amines) is 1. The van der Waals surface area contributed by atoms with Gasteiger partial charge in [-0.1, -0.05) is 0 Å². The fourth-order valence-corrected chi connectivity index (χ4v) is 3.77. The summed E-state index contributed by atoms with van der Waals surface area (Å²) in [5.41, 5.74) is 1.54. The van der Waals surface area contributed by atoms with Gasteiger partial charge in [-0.3, -0.25) is 0 Å². The summed E-state index contributed by atoms with van der Waals surface area (Å²) in [6, 6.07) is 7.74. The number of halogens is 4. The summed E-state index contributed by atoms with van der Waals surface area (Å²) in [7, 11) is 0. The van der Waals surface area contributed by atoms with Crippen LogP contribution < -0.4 is 0 Å². The summed E-state index contributed by atoms with van der Waals surface area (Å²) < 4.78 is 56.9. The van der Waals surface area contributed by atoms with Crippen LogP contribution in [0.4, 0.5) is 22.4 Å². The summed E-state index contributed by atoms with van der Waals surface area (Å²) in [6.45, 7) is -0.736. The number of hydrogen-bond donors (Lipinski definition) is 1. The first-order chi connectivity index (χ1) is 13.3. The van der Waals surface area contributed by atoms with E-state index in [1.165, 1.54) is 17.0 Å². The van der Waals surface area contributed by atoms with E-state index in [1.807, 2.05) is 6.07 Å². The maximum Gasteiger partial charge on any atom is 0.427 e. The van der Waals surface area contributed by atoms with Crippen LogP contribution >= 0.6 is 0 Å². The Kier molecular flexibility index (Phi) is 4.53. The van der Waals surface area contributed by atoms with E-state index in [9.17, 15) is 22.4 Å². The first-order valence-electron chi connectivity index (χ1n) is 8.72. The molecule has 2 fully saturated rings. The predicted octanol–water partition coefficient (Wildman–Crippen LogP) is 2.72. The highest BCUT2D eigenvalue weighted by Crippen LogP contribution is 2.57. The quantitative estimate of drug-likeness (QED) is 0.803. The number of piperidine rings is 1. The molecule has 150 valence electrons. The van der Waals surface area contributed by atoms with Crippen LogP contribution in [-0.4, -0.2) is 57.9 Å². The highest BCUT2D eigenvalue weighted by atomic mass is 19.4. The molecule has 2 aromatic rings. The molecule has 2 aliphatic rings. The SMILES string of the molecule is O=C(O[C@H](CO)C(F)(F)F)N1CC2C(c3ccn(-c4ccc(F)cc4)n3)[C@@H]2C1. The molecule has 0 bridgehead atoms. The second-order valence-corrected chi connectivity index (χ2v) is 7.02. The third-order valence-corrected chi connectivity index (χ3v) is 5.27. The number of benzene rings is 1. The van der Waals surface area contributed by atoms with E-state index in [0.717, 1.165) is 5.69 Å². The molecule has 2 unspecified atom stereocenters. The third-order valence-electron chi connectivity index (χ3n) is 5.27. The molecule has 1 amide bonds. The molecule has 1 saturated heterocycles. The number of carbonyl (C=O) groups excluding carboxylic acids is 1. The highest BCUT2D eigenvalue weighted by molar-refractivity contribution is 5.69. The minimum atomic E-state index is -4.80. The van der Waals surface area contributed by atoms with E-state index in [-0.39, 0.29) is 36.7 Å². The Hall–Kier alpha value is -2.62. The molecule has 4 atom stereocenters. The maximum atomic E-state index is 13.0. The summed E-state index contributed by atoms with van der Waals surface area (Å²) in [4.78, 5) is 13.2. The van der Waals surface area contributed by atoms with Gasteiger partial charge in [-0.05, 0) is 42.2 Å². The van der Waals surface area contributed by atoms with Crippen molar-refractivity contribution in [3.8, 4) is 5.69 Å². The van der Waals surface area contributed by atoms with E-state index in [0.29, 0.717) is 5.69 Å². The van der Waals surface area contributed by atoms with Gasteiger partial charge in [0.2, 0.25) is 6.10 Å². The first-order valence-corrected chi connectivity index (χ1v) is 8.72. The zero-order valence-electron chi connectivity index (χ0n) is 14.5. The number of amides is 1. The van der Waals surface area contributed by atoms with Gasteiger partial charge in [-0.25, -0.2) is 13.9 Å². The second kappa shape index (κ2) is 6.77. The topological polar surface area (TPSA) is 67.6 Å². The number of alkyl halides is 3. The summed E-state index contributed by atoms with van der Waals surface area (Å²) in [5.74, 6) is 0.0148. The van der Waals surface area contributed by atoms with E-state index in [4.69, 9.17) is 5.11 Å². The van der Waals surface area contributed by atoms with Crippen LogP contribution in [0.2, 0.25) is 0 Å². The molecule has 1 aromatic carbocycles. The minimum absolute atomic E-state index is 0.114. The molecule has 1 N–H and O–H groups in total. The van der Waals surface area contributed by atoms with Gasteiger partial charge in [0.25, 0.3) is 0 Å². The summed E-state index contributed by atoms with van der Waals surface area (Å²) >= 11 is 0. The lowest BCUT2D eigenvalue weighted by Gasteiger charge is -2.24. The number of aliphatic hydroxyl groups is 1. The van der Waals surface area contributed by atoms with Crippen LogP contribution in [0.25, 0.3) is 5.69 Å². The first kappa shape index (κ1) is 18.7. The van der Waals surface area contributed by atoms with Gasteiger partial charge in [0, 0.05) is 25.2 Å². The molecule has 2 heterocycles. The maximum absolute atomic E-state index is 13.0. The zero-order valence-corrected chi connectivity index (χ0v) is 14.5. The fraction of sp³-hybridized carbons (Fsp3) is 0.444. The average Bonchev–Trinajstić information content (AvgIpc) is 3.04. The molecule has 28 heavy (non-hydrogen) atoms. The Morgan fingerprint density at radius 2 is 1.86 bits per heavy atom. The standard InChI is InChI=1S/C18H17F4N3O3/c19-10-1-3-11(4-2-10)25-6-5-14(23-25)16-12-7-24(8-13(12)16)17(27)28-15(9-26)18(20,21)22/h1-6,12-13,15-16,26H,7-9H2/t12-,13?,15-,16?/m1/s1. The van der Waals surface area contributed by atoms with Crippen molar-refractivity contribution >= 4 is 6.09 Å². The number of ether oxygens (including phenoxy) is 1. The molecule has 6 nitrogen and oxygen atoms in total. The van der Waals surface area contributed by atoms with Crippen molar-refractivity contribution in [2.24, 2.45) is 11.8 Å². The lowest BCUT2D eigenvalue weighted by molar-refractivity contribution is -0.214. The van der Waals surface area contributed by atoms with Crippen LogP contribution in [0.5, 0.6) is 0 Å². The van der Waals surface area contributed by atoms with Crippen LogP contribution in [0.15, 0.2) is 36.5 Å². The Morgan fingerprint density at radius 1 is 1.21 bits per heavy atom. The largest absolute Gasteiger partial charge is 0.434 e. The monoisotopic (exact) mass is 399 g/mol. The van der Waals surface area contributed by atoms with Gasteiger partial charge >= 0.3 is 12.3 Å². The van der Waals surface area contributed by atoms with Gasteiger partial charge in [0.15, 0.2) is 0 Å². The molecule has 0 radical (unpaired) electrons. The lowest BCUT2D eigenvalue weighted by Crippen LogP contribution is -2.42. The van der Waals surface area contributed by atoms with Gasteiger partial charge in [-0.2, -0.15) is 18.3 Å². The van der Waals surface area contributed by atoms with Gasteiger partial charge < -0.3 is 14.7 Å². The minimum Gasteiger partial charge on any atom is -0.434 e. The number of nitrogens with zero attached hydrogens (tertiary/aromatic N) is 3. The van der Waals surface area contributed by atoms with E-state index < -0.39 is 25.0 Å². The Morgan fingerprint density at radius 3 is 2.43 bits per heavy atom. The van der Waals surface area contributed by atoms with E-state index in [1.54, 1.807) is 23.0 Å². The third kappa shape index (κ3) is 3.44. The Bertz CT molecular complexity index is 856. The number of aromatic nitrogens is 2. The van der Waals surface area contributed by atoms with Crippen molar-refractivity contribution < 1.29 is 32.2 Å². The number of fused-ring (bicyclic) bond motifs is 1. The van der Waals surface area contributed by atoms with Gasteiger partial charge in [0.05, 0.1) is 18.0 Å². The van der Waals surface area contributed by atoms with Crippen molar-refractivity contribution in [3.63, 3.8) is 0 Å². The fourth-order valence-electron chi connectivity index (χ4n) is 3.77. The normalized spacial score (nSPS) is 24.8. The number of carbonyl (C=O) groups is 1. The molecule has 10 heteroatoms. The smallest absolute Gasteiger partial charge is 0.427 e. The number of rotatable bonds is 4. The van der Waals surface area contributed by atoms with Gasteiger partial charge in [-0.15, -0.1) is 0 Å². The Balaban J connectivity index is 1.35. The molecule has 1 aromatic heterocycles. The van der Waals surface area contributed by atoms with E-state index in [2.05, 4.69) is 9.84 Å². The van der Waals surface area contributed by atoms with Crippen molar-refractivity contribution in [1.82, 2.24) is 14.7 Å². The Labute approximate surface area is 157 Å². The molecular weight excluding hydrogens is 382 g/mol. The molecule has 1 saturated carbocycles. The van der Waals surface area contributed by atoms with Crippen molar-refractivity contribution in [1.29, 1.82) is 0 Å². The van der Waals surface area contributed by atoms with Crippen molar-refractivity contribution in [3.05, 3.63) is 48.0 Å². The average molecular weight is 399 g/mol. The molecule has 0 spiro atoms. The molecule has 1 aliphatic carbocycles. The summed E-state index contributed by atoms with van der Waals surface area (Å²) in [5, 5.41) is 13.3. The van der Waals surface area contributed by atoms with Crippen LogP contribution in [0.3, 0.4) is 0 Å². The zero-order chi connectivity index (χ0) is 20.1. The van der Waals surface area contributed by atoms with Crippen molar-refractivity contribution in [2.75, 3.05) is 19.7 Å². The van der Waals surface area contributed by atoms with Crippen LogP contribution in [-0.2, 0) is 4.74 Å². The predicted molar refractivity (Wildman–Crippen MR) is 88.2 cm³/mol. The molecule has 4 rings (SSSR count).